The van der Waals surface area contributed by atoms with Crippen molar-refractivity contribution in [3.8, 4) is 0 Å². The third-order valence-electron chi connectivity index (χ3n) is 4.12. The van der Waals surface area contributed by atoms with E-state index >= 15 is 0 Å². The number of imide groups is 1. The first kappa shape index (κ1) is 16.2. The van der Waals surface area contributed by atoms with Crippen LogP contribution in [0, 0.1) is 6.92 Å². The van der Waals surface area contributed by atoms with Gasteiger partial charge < -0.3 is 5.32 Å². The molecule has 1 N–H and O–H groups in total. The number of rotatable bonds is 3. The second kappa shape index (κ2) is 6.09. The van der Waals surface area contributed by atoms with Crippen molar-refractivity contribution in [3.05, 3.63) is 64.2 Å². The molecule has 5 nitrogen and oxygen atoms in total. The molecule has 0 aromatic heterocycles. The molecular weight excluding hydrogens is 328 g/mol. The van der Waals surface area contributed by atoms with Crippen molar-refractivity contribution in [3.63, 3.8) is 0 Å². The van der Waals surface area contributed by atoms with Gasteiger partial charge in [-0.25, -0.2) is 0 Å². The number of halogens is 1. The van der Waals surface area contributed by atoms with Crippen molar-refractivity contribution in [2.75, 3.05) is 5.32 Å². The number of hydrogen-bond acceptors (Lipinski definition) is 3. The molecule has 122 valence electrons. The van der Waals surface area contributed by atoms with Crippen LogP contribution >= 0.6 is 11.6 Å². The minimum Gasteiger partial charge on any atom is -0.324 e. The molecular formula is C18H15ClN2O3. The lowest BCUT2D eigenvalue weighted by Gasteiger charge is -2.22. The van der Waals surface area contributed by atoms with Crippen molar-refractivity contribution in [2.24, 2.45) is 0 Å². The van der Waals surface area contributed by atoms with Crippen LogP contribution in [0.2, 0.25) is 5.02 Å². The van der Waals surface area contributed by atoms with Gasteiger partial charge in [0.2, 0.25) is 5.91 Å². The van der Waals surface area contributed by atoms with E-state index in [-0.39, 0.29) is 0 Å². The van der Waals surface area contributed by atoms with Crippen LogP contribution in [0.4, 0.5) is 5.69 Å². The number of carbonyl (C=O) groups excluding carboxylic acids is 3. The van der Waals surface area contributed by atoms with Gasteiger partial charge in [-0.15, -0.1) is 0 Å². The lowest BCUT2D eigenvalue weighted by molar-refractivity contribution is -0.119. The van der Waals surface area contributed by atoms with Crippen molar-refractivity contribution in [2.45, 2.75) is 19.9 Å². The topological polar surface area (TPSA) is 66.5 Å². The molecule has 1 aliphatic heterocycles. The van der Waals surface area contributed by atoms with E-state index in [9.17, 15) is 14.4 Å². The lowest BCUT2D eigenvalue weighted by Crippen LogP contribution is -2.45. The number of anilines is 1. The zero-order valence-corrected chi connectivity index (χ0v) is 13.9. The number of hydrogen-bond donors (Lipinski definition) is 1. The maximum absolute atomic E-state index is 12.5. The van der Waals surface area contributed by atoms with Gasteiger partial charge in [-0.3, -0.25) is 19.3 Å². The average molecular weight is 343 g/mol. The number of nitrogens with one attached hydrogen (secondary N) is 1. The van der Waals surface area contributed by atoms with Crippen LogP contribution in [-0.4, -0.2) is 28.7 Å². The van der Waals surface area contributed by atoms with Crippen LogP contribution in [0.15, 0.2) is 42.5 Å². The van der Waals surface area contributed by atoms with E-state index in [0.717, 1.165) is 10.5 Å². The quantitative estimate of drug-likeness (QED) is 0.870. The smallest absolute Gasteiger partial charge is 0.262 e. The van der Waals surface area contributed by atoms with Crippen molar-refractivity contribution >= 4 is 35.0 Å². The van der Waals surface area contributed by atoms with Gasteiger partial charge in [0, 0.05) is 10.7 Å². The average Bonchev–Trinajstić information content (AvgIpc) is 2.83. The molecule has 6 heteroatoms. The summed E-state index contributed by atoms with van der Waals surface area (Å²) in [4.78, 5) is 38.4. The molecule has 3 amide bonds. The van der Waals surface area contributed by atoms with E-state index in [0.29, 0.717) is 21.8 Å². The third kappa shape index (κ3) is 2.57. The molecule has 1 aliphatic rings. The molecule has 0 saturated carbocycles. The van der Waals surface area contributed by atoms with Crippen LogP contribution < -0.4 is 5.32 Å². The lowest BCUT2D eigenvalue weighted by atomic mass is 10.1. The summed E-state index contributed by atoms with van der Waals surface area (Å²) < 4.78 is 0. The fourth-order valence-electron chi connectivity index (χ4n) is 2.66. The Morgan fingerprint density at radius 3 is 2.21 bits per heavy atom. The third-order valence-corrected chi connectivity index (χ3v) is 4.53. The molecule has 0 bridgehead atoms. The fourth-order valence-corrected chi connectivity index (χ4v) is 2.83. The van der Waals surface area contributed by atoms with E-state index in [2.05, 4.69) is 5.32 Å². The molecule has 3 rings (SSSR count). The molecule has 0 saturated heterocycles. The Bertz CT molecular complexity index is 828. The Hall–Kier alpha value is -2.66. The summed E-state index contributed by atoms with van der Waals surface area (Å²) in [6.45, 7) is 3.31. The van der Waals surface area contributed by atoms with Crippen LogP contribution in [-0.2, 0) is 4.79 Å². The summed E-state index contributed by atoms with van der Waals surface area (Å²) in [5.41, 5.74) is 1.92. The van der Waals surface area contributed by atoms with Gasteiger partial charge in [-0.05, 0) is 43.7 Å². The van der Waals surface area contributed by atoms with Gasteiger partial charge in [-0.2, -0.15) is 0 Å². The number of benzene rings is 2. The van der Waals surface area contributed by atoms with E-state index in [1.54, 1.807) is 49.4 Å². The molecule has 1 heterocycles. The maximum atomic E-state index is 12.5. The number of carbonyl (C=O) groups is 3. The van der Waals surface area contributed by atoms with Crippen LogP contribution in [0.3, 0.4) is 0 Å². The monoisotopic (exact) mass is 342 g/mol. The summed E-state index contributed by atoms with van der Waals surface area (Å²) in [6, 6.07) is 10.8. The van der Waals surface area contributed by atoms with Gasteiger partial charge in [0.25, 0.3) is 11.8 Å². The molecule has 2 aromatic rings. The van der Waals surface area contributed by atoms with E-state index in [1.807, 2.05) is 0 Å². The first-order valence-corrected chi connectivity index (χ1v) is 7.82. The minimum atomic E-state index is -0.934. The normalized spacial score (nSPS) is 14.5. The highest BCUT2D eigenvalue weighted by molar-refractivity contribution is 6.31. The summed E-state index contributed by atoms with van der Waals surface area (Å²) in [7, 11) is 0. The van der Waals surface area contributed by atoms with E-state index in [1.165, 1.54) is 6.92 Å². The molecule has 0 aliphatic carbocycles. The van der Waals surface area contributed by atoms with Gasteiger partial charge in [-0.1, -0.05) is 29.8 Å². The Morgan fingerprint density at radius 1 is 1.04 bits per heavy atom. The first-order valence-electron chi connectivity index (χ1n) is 7.44. The summed E-state index contributed by atoms with van der Waals surface area (Å²) in [6.07, 6.45) is 0. The minimum absolute atomic E-state index is 0.320. The largest absolute Gasteiger partial charge is 0.324 e. The predicted octanol–water partition coefficient (Wildman–Crippen LogP) is 3.27. The second-order valence-corrected chi connectivity index (χ2v) is 6.01. The van der Waals surface area contributed by atoms with Crippen molar-refractivity contribution in [1.82, 2.24) is 4.90 Å². The maximum Gasteiger partial charge on any atom is 0.262 e. The Labute approximate surface area is 144 Å². The summed E-state index contributed by atoms with van der Waals surface area (Å²) in [5, 5.41) is 3.25. The Balaban J connectivity index is 1.83. The van der Waals surface area contributed by atoms with Crippen molar-refractivity contribution in [1.29, 1.82) is 0 Å². The Morgan fingerprint density at radius 2 is 1.62 bits per heavy atom. The van der Waals surface area contributed by atoms with E-state index < -0.39 is 23.8 Å². The van der Waals surface area contributed by atoms with Crippen molar-refractivity contribution < 1.29 is 14.4 Å². The SMILES string of the molecule is Cc1c(Cl)cccc1NC(=O)[C@H](C)N1C(=O)c2ccccc2C1=O. The zero-order chi connectivity index (χ0) is 17.4. The zero-order valence-electron chi connectivity index (χ0n) is 13.2. The first-order chi connectivity index (χ1) is 11.4. The van der Waals surface area contributed by atoms with Crippen LogP contribution in [0.5, 0.6) is 0 Å². The number of fused-ring (bicyclic) bond motifs is 1. The molecule has 2 aromatic carbocycles. The highest BCUT2D eigenvalue weighted by Gasteiger charge is 2.40. The van der Waals surface area contributed by atoms with Gasteiger partial charge in [0.05, 0.1) is 11.1 Å². The standard InChI is InChI=1S/C18H15ClN2O3/c1-10-14(19)8-5-9-15(10)20-16(22)11(2)21-17(23)12-6-3-4-7-13(12)18(21)24/h3-9,11H,1-2H3,(H,20,22)/t11-/m0/s1. The summed E-state index contributed by atoms with van der Waals surface area (Å²) >= 11 is 6.04. The molecule has 0 spiro atoms. The molecule has 1 atom stereocenters. The molecule has 24 heavy (non-hydrogen) atoms. The van der Waals surface area contributed by atoms with Crippen LogP contribution in [0.1, 0.15) is 33.2 Å². The van der Waals surface area contributed by atoms with Gasteiger partial charge in [0.15, 0.2) is 0 Å². The predicted molar refractivity (Wildman–Crippen MR) is 91.2 cm³/mol. The highest BCUT2D eigenvalue weighted by atomic mass is 35.5. The second-order valence-electron chi connectivity index (χ2n) is 5.60. The molecule has 0 radical (unpaired) electrons. The van der Waals surface area contributed by atoms with Gasteiger partial charge >= 0.3 is 0 Å². The molecule has 0 fully saturated rings. The number of amides is 3. The molecule has 0 unspecified atom stereocenters. The fraction of sp³-hybridized carbons (Fsp3) is 0.167. The summed E-state index contributed by atoms with van der Waals surface area (Å²) in [5.74, 6) is -1.36. The van der Waals surface area contributed by atoms with Crippen LogP contribution in [0.25, 0.3) is 0 Å². The van der Waals surface area contributed by atoms with Gasteiger partial charge in [0.1, 0.15) is 6.04 Å². The van der Waals surface area contributed by atoms with E-state index in [4.69, 9.17) is 11.6 Å². The number of nitrogens with zero attached hydrogens (tertiary/aromatic N) is 1. The highest BCUT2D eigenvalue weighted by Crippen LogP contribution is 2.26. The Kier molecular flexibility index (Phi) is 4.11.